The van der Waals surface area contributed by atoms with Crippen molar-refractivity contribution in [2.24, 2.45) is 0 Å². The van der Waals surface area contributed by atoms with Gasteiger partial charge in [0.2, 0.25) is 0 Å². The van der Waals surface area contributed by atoms with Crippen LogP contribution in [0.4, 0.5) is 0 Å². The predicted octanol–water partition coefficient (Wildman–Crippen LogP) is 19.4. The number of ether oxygens (including phenoxy) is 7. The van der Waals surface area contributed by atoms with Gasteiger partial charge in [-0.2, -0.15) is 0 Å². The first-order valence-electron chi connectivity index (χ1n) is 33.3. The minimum atomic E-state index is -0.217. The molecule has 0 spiro atoms. The standard InChI is InChI=1S/C83H108O7Se/c1-25-26-27-91-77-62-46-70(84-20)47-63(77)49-90-76-60-31-55-39-65(79(5,6)7)35-51(72(55)86-22)28-50-34-64(78(2,3)4)38-54(71(50)85-21)30-58-42-68(82(14,15)16)43-59(75(58)89-48-62)32-56-40-66(80(8,9)10)36-52(73(56)87-23)29-53-37-67(81(11,12)13)41-57(74(53)88-24)33-61(76)45-69(44-60)83(17,18)19/h34-47H,25-33,48-49H2,1-24H3. The first-order valence-corrected chi connectivity index (χ1v) is 35.3. The second-order valence-electron chi connectivity index (χ2n) is 32.2. The zero-order valence-corrected chi connectivity index (χ0v) is 61.8. The number of hydrogen-bond donors (Lipinski definition) is 0. The van der Waals surface area contributed by atoms with Gasteiger partial charge in [-0.3, -0.25) is 0 Å². The molecule has 2 heterocycles. The summed E-state index contributed by atoms with van der Waals surface area (Å²) in [6.45, 7) is 44.8. The fraction of sp³-hybridized carbons (Fsp3) is 0.494. The monoisotopic (exact) mass is 1300 g/mol. The molecule has 91 heavy (non-hydrogen) atoms. The maximum atomic E-state index is 7.77. The predicted molar refractivity (Wildman–Crippen MR) is 381 cm³/mol. The van der Waals surface area contributed by atoms with Gasteiger partial charge in [0.15, 0.2) is 0 Å². The van der Waals surface area contributed by atoms with Crippen LogP contribution in [0.15, 0.2) is 84.9 Å². The van der Waals surface area contributed by atoms with Gasteiger partial charge in [0, 0.05) is 0 Å². The van der Waals surface area contributed by atoms with Crippen molar-refractivity contribution < 1.29 is 33.2 Å². The van der Waals surface area contributed by atoms with E-state index < -0.39 is 0 Å². The molecule has 0 saturated carbocycles. The molecule has 0 fully saturated rings. The van der Waals surface area contributed by atoms with Crippen molar-refractivity contribution in [2.45, 2.75) is 234 Å². The van der Waals surface area contributed by atoms with Crippen LogP contribution in [0.1, 0.15) is 256 Å². The van der Waals surface area contributed by atoms with Gasteiger partial charge in [-0.25, -0.2) is 0 Å². The average molecular weight is 1300 g/mol. The van der Waals surface area contributed by atoms with E-state index in [1.54, 1.807) is 7.11 Å². The Morgan fingerprint density at radius 3 is 0.725 bits per heavy atom. The summed E-state index contributed by atoms with van der Waals surface area (Å²) in [5.41, 5.74) is 21.8. The Morgan fingerprint density at radius 2 is 0.527 bits per heavy atom. The molecule has 0 aliphatic carbocycles. The molecule has 7 nitrogen and oxygen atoms in total. The summed E-state index contributed by atoms with van der Waals surface area (Å²) >= 11 is 0.0832. The average Bonchev–Trinajstić information content (AvgIpc) is 0.803. The van der Waals surface area contributed by atoms with Crippen LogP contribution < -0.4 is 37.6 Å². The van der Waals surface area contributed by atoms with Gasteiger partial charge < -0.3 is 0 Å². The van der Waals surface area contributed by atoms with Crippen molar-refractivity contribution in [3.63, 3.8) is 0 Å². The molecule has 7 aromatic carbocycles. The number of rotatable bonds is 9. The summed E-state index contributed by atoms with van der Waals surface area (Å²) in [5.74, 6) is 6.05. The van der Waals surface area contributed by atoms with Crippen molar-refractivity contribution in [1.29, 1.82) is 0 Å². The van der Waals surface area contributed by atoms with E-state index in [1.807, 2.05) is 28.4 Å². The molecule has 12 bridgehead atoms. The minimum absolute atomic E-state index is 0.0832. The van der Waals surface area contributed by atoms with Crippen molar-refractivity contribution >= 4 is 19.4 Å². The number of unbranched alkanes of at least 4 members (excludes halogenated alkanes) is 1. The molecule has 488 valence electrons. The summed E-state index contributed by atoms with van der Waals surface area (Å²) in [6, 6.07) is 33.3. The second-order valence-corrected chi connectivity index (χ2v) is 34.5. The van der Waals surface area contributed by atoms with Gasteiger partial charge in [0.1, 0.15) is 0 Å². The van der Waals surface area contributed by atoms with Crippen molar-refractivity contribution in [2.75, 3.05) is 35.5 Å². The Morgan fingerprint density at radius 1 is 0.308 bits per heavy atom. The molecule has 0 radical (unpaired) electrons. The maximum absolute atomic E-state index is 7.77. The van der Waals surface area contributed by atoms with Crippen LogP contribution in [-0.4, -0.2) is 50.5 Å². The normalized spacial score (nSPS) is 14.2. The Balaban J connectivity index is 1.53. The van der Waals surface area contributed by atoms with Gasteiger partial charge in [-0.05, 0) is 0 Å². The summed E-state index contributed by atoms with van der Waals surface area (Å²) in [6.07, 6.45) is 5.67. The molecule has 9 rings (SSSR count). The number of fused-ring (bicyclic) bond motifs is 10. The van der Waals surface area contributed by atoms with Crippen LogP contribution >= 0.6 is 0 Å². The topological polar surface area (TPSA) is 64.6 Å². The Labute approximate surface area is 555 Å². The first kappa shape index (κ1) is 69.0. The third-order valence-corrected chi connectivity index (χ3v) is 21.4. The van der Waals surface area contributed by atoms with Gasteiger partial charge >= 0.3 is 559 Å². The van der Waals surface area contributed by atoms with E-state index in [0.717, 1.165) is 136 Å². The van der Waals surface area contributed by atoms with Crippen molar-refractivity contribution in [1.82, 2.24) is 0 Å². The van der Waals surface area contributed by atoms with Gasteiger partial charge in [0.05, 0.1) is 0 Å². The number of hydrogen-bond acceptors (Lipinski definition) is 7. The molecule has 0 N–H and O–H groups in total. The van der Waals surface area contributed by atoms with Crippen LogP contribution in [0, 0.1) is 0 Å². The zero-order valence-electron chi connectivity index (χ0n) is 60.1. The van der Waals surface area contributed by atoms with Gasteiger partial charge in [0.25, 0.3) is 0 Å². The number of methoxy groups -OCH3 is 5. The summed E-state index contributed by atoms with van der Waals surface area (Å²) in [7, 11) is 9.17. The SMILES string of the molecule is CCCC[Se]c1c2cc(OC)cc1COc1c3cc(C(C)(C)C)cc1Cc1cc(C(C)(C)C)cc(c1OC)Cc1cc(C(C)(C)C)cc(c1OC)Cc1cc(C(C)(C)C)cc(c1OC2)Cc1cc(C(C)(C)C)cc(c1OC)Cc1cc(C(C)(C)C)cc(c1OC)C3. The summed E-state index contributed by atoms with van der Waals surface area (Å²) in [4.78, 5) is 0. The Hall–Kier alpha value is -6.34. The molecule has 0 amide bonds. The van der Waals surface area contributed by atoms with Crippen LogP contribution in [0.3, 0.4) is 0 Å². The van der Waals surface area contributed by atoms with Crippen LogP contribution in [0.2, 0.25) is 5.32 Å². The number of benzene rings is 7. The molecular weight excluding hydrogens is 1190 g/mol. The van der Waals surface area contributed by atoms with E-state index in [9.17, 15) is 0 Å². The summed E-state index contributed by atoms with van der Waals surface area (Å²) < 4.78 is 50.4. The molecule has 2 aliphatic rings. The molecule has 0 unspecified atom stereocenters. The van der Waals surface area contributed by atoms with Crippen LogP contribution in [0.5, 0.6) is 40.2 Å². The van der Waals surface area contributed by atoms with Crippen molar-refractivity contribution in [3.05, 3.63) is 196 Å². The fourth-order valence-corrected chi connectivity index (χ4v) is 15.8. The van der Waals surface area contributed by atoms with Crippen LogP contribution in [-0.2, 0) is 84.2 Å². The Kier molecular flexibility index (Phi) is 20.2. The van der Waals surface area contributed by atoms with E-state index in [1.165, 1.54) is 37.8 Å². The molecule has 7 aromatic rings. The quantitative estimate of drug-likeness (QED) is 0.105. The van der Waals surface area contributed by atoms with Crippen LogP contribution in [0.25, 0.3) is 0 Å². The first-order chi connectivity index (χ1) is 42.6. The summed E-state index contributed by atoms with van der Waals surface area (Å²) in [5, 5.41) is 1.08. The second kappa shape index (κ2) is 26.6. The molecule has 0 atom stereocenters. The van der Waals surface area contributed by atoms with E-state index >= 15 is 0 Å². The van der Waals surface area contributed by atoms with E-state index in [-0.39, 0.29) is 47.4 Å². The van der Waals surface area contributed by atoms with E-state index in [2.05, 4.69) is 216 Å². The van der Waals surface area contributed by atoms with E-state index in [4.69, 9.17) is 33.2 Å². The Bertz CT molecular complexity index is 3390. The molecular formula is C83H108O7Se. The van der Waals surface area contributed by atoms with E-state index in [0.29, 0.717) is 51.7 Å². The van der Waals surface area contributed by atoms with Gasteiger partial charge in [-0.1, -0.05) is 0 Å². The molecule has 2 aliphatic heterocycles. The van der Waals surface area contributed by atoms with Crippen molar-refractivity contribution in [3.8, 4) is 40.2 Å². The third-order valence-electron chi connectivity index (χ3n) is 18.7. The molecule has 0 saturated heterocycles. The molecule has 0 aromatic heterocycles. The molecule has 8 heteroatoms. The zero-order chi connectivity index (χ0) is 66.5. The van der Waals surface area contributed by atoms with Gasteiger partial charge in [-0.15, -0.1) is 0 Å². The fourth-order valence-electron chi connectivity index (χ4n) is 13.2. The third kappa shape index (κ3) is 15.3.